The lowest BCUT2D eigenvalue weighted by Crippen LogP contribution is -2.14. The molecule has 0 aliphatic rings. The zero-order chi connectivity index (χ0) is 17.0. The summed E-state index contributed by atoms with van der Waals surface area (Å²) in [5.41, 5.74) is 1.83. The molecule has 0 spiro atoms. The van der Waals surface area contributed by atoms with E-state index in [-0.39, 0.29) is 10.8 Å². The van der Waals surface area contributed by atoms with Crippen molar-refractivity contribution in [2.75, 3.05) is 11.9 Å². The number of carbonyl (C=O) groups excluding carboxylic acids is 1. The number of ether oxygens (including phenoxy) is 1. The van der Waals surface area contributed by atoms with Crippen LogP contribution < -0.4 is 15.2 Å². The molecule has 0 saturated carbocycles. The summed E-state index contributed by atoms with van der Waals surface area (Å²) in [6, 6.07) is 10.8. The maximum absolute atomic E-state index is 12.2. The fourth-order valence-electron chi connectivity index (χ4n) is 2.04. The fraction of sp³-hybridized carbons (Fsp3) is 0.188. The Morgan fingerprint density at radius 2 is 1.83 bits per heavy atom. The Kier molecular flexibility index (Phi) is 5.02. The molecule has 0 aliphatic heterocycles. The van der Waals surface area contributed by atoms with Crippen LogP contribution in [0.5, 0.6) is 5.75 Å². The van der Waals surface area contributed by atoms with Gasteiger partial charge in [0.05, 0.1) is 11.5 Å². The number of rotatable bonds is 5. The van der Waals surface area contributed by atoms with Gasteiger partial charge in [0.25, 0.3) is 5.91 Å². The van der Waals surface area contributed by atoms with E-state index in [1.165, 1.54) is 24.3 Å². The predicted molar refractivity (Wildman–Crippen MR) is 88.1 cm³/mol. The first-order valence-electron chi connectivity index (χ1n) is 6.99. The Bertz CT molecular complexity index is 814. The van der Waals surface area contributed by atoms with Crippen LogP contribution in [0.2, 0.25) is 0 Å². The van der Waals surface area contributed by atoms with Gasteiger partial charge in [0.15, 0.2) is 0 Å². The van der Waals surface area contributed by atoms with Crippen molar-refractivity contribution in [3.05, 3.63) is 53.6 Å². The summed E-state index contributed by atoms with van der Waals surface area (Å²) in [5, 5.41) is 7.73. The number of nitrogens with two attached hydrogens (primary N) is 1. The number of aryl methyl sites for hydroxylation is 1. The van der Waals surface area contributed by atoms with E-state index in [0.717, 1.165) is 11.3 Å². The zero-order valence-electron chi connectivity index (χ0n) is 12.9. The van der Waals surface area contributed by atoms with Crippen LogP contribution >= 0.6 is 0 Å². The molecule has 0 aliphatic carbocycles. The van der Waals surface area contributed by atoms with Crippen molar-refractivity contribution in [1.29, 1.82) is 0 Å². The van der Waals surface area contributed by atoms with Crippen molar-refractivity contribution < 1.29 is 17.9 Å². The maximum atomic E-state index is 12.2. The number of nitrogens with one attached hydrogen (secondary N) is 1. The summed E-state index contributed by atoms with van der Waals surface area (Å²) < 4.78 is 27.8. The molecular weight excluding hydrogens is 316 g/mol. The van der Waals surface area contributed by atoms with Crippen LogP contribution in [0.25, 0.3) is 0 Å². The van der Waals surface area contributed by atoms with Gasteiger partial charge in [-0.05, 0) is 61.9 Å². The third-order valence-electron chi connectivity index (χ3n) is 3.18. The van der Waals surface area contributed by atoms with Crippen molar-refractivity contribution in [3.63, 3.8) is 0 Å². The molecule has 0 heterocycles. The summed E-state index contributed by atoms with van der Waals surface area (Å²) in [4.78, 5) is 12.2. The number of hydrogen-bond donors (Lipinski definition) is 2. The number of anilines is 1. The minimum atomic E-state index is -3.74. The number of carbonyl (C=O) groups is 1. The number of sulfonamides is 1. The Morgan fingerprint density at radius 1 is 1.17 bits per heavy atom. The highest BCUT2D eigenvalue weighted by Gasteiger charge is 2.10. The summed E-state index contributed by atoms with van der Waals surface area (Å²) in [7, 11) is -3.74. The van der Waals surface area contributed by atoms with Crippen molar-refractivity contribution in [2.24, 2.45) is 5.14 Å². The normalized spacial score (nSPS) is 11.1. The Balaban J connectivity index is 2.14. The quantitative estimate of drug-likeness (QED) is 0.876. The number of benzene rings is 2. The van der Waals surface area contributed by atoms with Gasteiger partial charge in [0.1, 0.15) is 5.75 Å². The second-order valence-electron chi connectivity index (χ2n) is 4.94. The molecule has 1 amide bonds. The minimum Gasteiger partial charge on any atom is -0.494 e. The van der Waals surface area contributed by atoms with E-state index < -0.39 is 10.0 Å². The molecule has 2 aromatic rings. The van der Waals surface area contributed by atoms with Crippen LogP contribution in [-0.4, -0.2) is 20.9 Å². The molecule has 0 unspecified atom stereocenters. The molecule has 0 bridgehead atoms. The SMILES string of the molecule is CCOc1ccc(C(=O)Nc2ccc(S(N)(=O)=O)cc2)cc1C. The third-order valence-corrected chi connectivity index (χ3v) is 4.11. The summed E-state index contributed by atoms with van der Waals surface area (Å²) in [6.07, 6.45) is 0. The number of hydrogen-bond acceptors (Lipinski definition) is 4. The smallest absolute Gasteiger partial charge is 0.255 e. The topological polar surface area (TPSA) is 98.5 Å². The highest BCUT2D eigenvalue weighted by Crippen LogP contribution is 2.20. The predicted octanol–water partition coefficient (Wildman–Crippen LogP) is 2.29. The van der Waals surface area contributed by atoms with E-state index in [2.05, 4.69) is 5.32 Å². The van der Waals surface area contributed by atoms with Crippen LogP contribution in [-0.2, 0) is 10.0 Å². The lowest BCUT2D eigenvalue weighted by atomic mass is 10.1. The highest BCUT2D eigenvalue weighted by atomic mass is 32.2. The second-order valence-corrected chi connectivity index (χ2v) is 6.50. The standard InChI is InChI=1S/C16H18N2O4S/c1-3-22-15-9-4-12(10-11(15)2)16(19)18-13-5-7-14(8-6-13)23(17,20)21/h4-10H,3H2,1-2H3,(H,18,19)(H2,17,20,21). The van der Waals surface area contributed by atoms with E-state index in [0.29, 0.717) is 17.9 Å². The molecule has 2 rings (SSSR count). The first-order valence-corrected chi connectivity index (χ1v) is 8.53. The highest BCUT2D eigenvalue weighted by molar-refractivity contribution is 7.89. The lowest BCUT2D eigenvalue weighted by Gasteiger charge is -2.10. The molecule has 23 heavy (non-hydrogen) atoms. The van der Waals surface area contributed by atoms with Crippen molar-refractivity contribution in [3.8, 4) is 5.75 Å². The summed E-state index contributed by atoms with van der Waals surface area (Å²) >= 11 is 0. The van der Waals surface area contributed by atoms with E-state index >= 15 is 0 Å². The molecule has 0 saturated heterocycles. The summed E-state index contributed by atoms with van der Waals surface area (Å²) in [5.74, 6) is 0.445. The van der Waals surface area contributed by atoms with Crippen LogP contribution in [0.1, 0.15) is 22.8 Å². The molecule has 0 fully saturated rings. The molecule has 6 nitrogen and oxygen atoms in total. The zero-order valence-corrected chi connectivity index (χ0v) is 13.7. The largest absolute Gasteiger partial charge is 0.494 e. The second kappa shape index (κ2) is 6.80. The van der Waals surface area contributed by atoms with E-state index in [1.54, 1.807) is 18.2 Å². The molecule has 0 radical (unpaired) electrons. The fourth-order valence-corrected chi connectivity index (χ4v) is 2.55. The first-order chi connectivity index (χ1) is 10.8. The van der Waals surface area contributed by atoms with Gasteiger partial charge in [-0.1, -0.05) is 0 Å². The van der Waals surface area contributed by atoms with Crippen molar-refractivity contribution in [1.82, 2.24) is 0 Å². The first kappa shape index (κ1) is 17.0. The monoisotopic (exact) mass is 334 g/mol. The molecule has 7 heteroatoms. The molecule has 3 N–H and O–H groups in total. The van der Waals surface area contributed by atoms with Crippen LogP contribution in [0.3, 0.4) is 0 Å². The van der Waals surface area contributed by atoms with Crippen molar-refractivity contribution >= 4 is 21.6 Å². The molecule has 122 valence electrons. The minimum absolute atomic E-state index is 0.00703. The number of amides is 1. The van der Waals surface area contributed by atoms with E-state index in [4.69, 9.17) is 9.88 Å². The average Bonchev–Trinajstić information content (AvgIpc) is 2.49. The van der Waals surface area contributed by atoms with E-state index in [9.17, 15) is 13.2 Å². The molecule has 0 aromatic heterocycles. The van der Waals surface area contributed by atoms with Gasteiger partial charge in [0, 0.05) is 11.3 Å². The molecule has 0 atom stereocenters. The van der Waals surface area contributed by atoms with E-state index in [1.807, 2.05) is 13.8 Å². The Labute approximate surface area is 135 Å². The number of primary sulfonamides is 1. The Hall–Kier alpha value is -2.38. The Morgan fingerprint density at radius 3 is 2.35 bits per heavy atom. The van der Waals surface area contributed by atoms with Gasteiger partial charge in [-0.2, -0.15) is 0 Å². The average molecular weight is 334 g/mol. The van der Waals surface area contributed by atoms with Crippen LogP contribution in [0.15, 0.2) is 47.4 Å². The van der Waals surface area contributed by atoms with Gasteiger partial charge in [0.2, 0.25) is 10.0 Å². The molecular formula is C16H18N2O4S. The van der Waals surface area contributed by atoms with Gasteiger partial charge in [-0.25, -0.2) is 13.6 Å². The van der Waals surface area contributed by atoms with Gasteiger partial charge < -0.3 is 10.1 Å². The molecule has 2 aromatic carbocycles. The maximum Gasteiger partial charge on any atom is 0.255 e. The van der Waals surface area contributed by atoms with Crippen LogP contribution in [0, 0.1) is 6.92 Å². The summed E-state index contributed by atoms with van der Waals surface area (Å²) in [6.45, 7) is 4.32. The lowest BCUT2D eigenvalue weighted by molar-refractivity contribution is 0.102. The van der Waals surface area contributed by atoms with Gasteiger partial charge >= 0.3 is 0 Å². The third kappa shape index (κ3) is 4.30. The van der Waals surface area contributed by atoms with Crippen LogP contribution in [0.4, 0.5) is 5.69 Å². The van der Waals surface area contributed by atoms with Gasteiger partial charge in [-0.15, -0.1) is 0 Å². The van der Waals surface area contributed by atoms with Gasteiger partial charge in [-0.3, -0.25) is 4.79 Å². The van der Waals surface area contributed by atoms with Crippen molar-refractivity contribution in [2.45, 2.75) is 18.7 Å².